The number of benzene rings is 3. The summed E-state index contributed by atoms with van der Waals surface area (Å²) in [4.78, 5) is 13.2. The van der Waals surface area contributed by atoms with E-state index in [0.29, 0.717) is 35.6 Å². The summed E-state index contributed by atoms with van der Waals surface area (Å²) in [5.41, 5.74) is 2.77. The Balaban J connectivity index is 1.32. The molecular formula is C28H26N4O3S. The number of fused-ring (bicyclic) bond motifs is 1. The van der Waals surface area contributed by atoms with Crippen molar-refractivity contribution in [2.45, 2.75) is 30.0 Å². The molecule has 0 radical (unpaired) electrons. The lowest BCUT2D eigenvalue weighted by Gasteiger charge is -2.26. The number of nitrogens with one attached hydrogen (secondary N) is 1. The van der Waals surface area contributed by atoms with E-state index in [1.807, 2.05) is 90.4 Å². The van der Waals surface area contributed by atoms with Gasteiger partial charge < -0.3 is 14.8 Å². The SMILES string of the molecule is C=CCn1c(S[C@@H](C)C(=O)Nc2ccccc2-c2ccccc2)nnc1[C@H]1COc2ccccc2O1. The first-order valence-corrected chi connectivity index (χ1v) is 12.6. The van der Waals surface area contributed by atoms with Gasteiger partial charge in [0.2, 0.25) is 5.91 Å². The summed E-state index contributed by atoms with van der Waals surface area (Å²) in [5.74, 6) is 1.89. The standard InChI is InChI=1S/C28H26N4O3S/c1-3-17-32-26(25-18-34-23-15-9-10-16-24(23)35-25)30-31-28(32)36-19(2)27(33)29-22-14-8-7-13-21(22)20-11-5-4-6-12-20/h3-16,19,25H,1,17-18H2,2H3,(H,29,33)/t19-,25+/m0/s1. The highest BCUT2D eigenvalue weighted by atomic mass is 32.2. The fraction of sp³-hybridized carbons (Fsp3) is 0.179. The molecule has 8 heteroatoms. The number of carbonyl (C=O) groups excluding carboxylic acids is 1. The maximum Gasteiger partial charge on any atom is 0.237 e. The Hall–Kier alpha value is -4.04. The Bertz CT molecular complexity index is 1370. The molecule has 7 nitrogen and oxygen atoms in total. The minimum atomic E-state index is -0.418. The fourth-order valence-corrected chi connectivity index (χ4v) is 4.85. The largest absolute Gasteiger partial charge is 0.485 e. The third-order valence-electron chi connectivity index (χ3n) is 5.77. The number of amides is 1. The molecule has 2 heterocycles. The first-order chi connectivity index (χ1) is 17.6. The van der Waals surface area contributed by atoms with E-state index in [1.165, 1.54) is 11.8 Å². The van der Waals surface area contributed by atoms with Gasteiger partial charge in [0.25, 0.3) is 0 Å². The minimum absolute atomic E-state index is 0.121. The lowest BCUT2D eigenvalue weighted by molar-refractivity contribution is -0.115. The topological polar surface area (TPSA) is 78.3 Å². The first-order valence-electron chi connectivity index (χ1n) is 11.7. The third kappa shape index (κ3) is 4.99. The molecule has 4 aromatic rings. The predicted molar refractivity (Wildman–Crippen MR) is 141 cm³/mol. The van der Waals surface area contributed by atoms with E-state index in [-0.39, 0.29) is 5.91 Å². The van der Waals surface area contributed by atoms with Gasteiger partial charge in [-0.1, -0.05) is 78.5 Å². The van der Waals surface area contributed by atoms with Crippen LogP contribution in [0.15, 0.2) is 96.7 Å². The zero-order valence-electron chi connectivity index (χ0n) is 19.8. The van der Waals surface area contributed by atoms with Crippen LogP contribution in [0.3, 0.4) is 0 Å². The molecule has 2 atom stereocenters. The second kappa shape index (κ2) is 10.7. The Morgan fingerprint density at radius 1 is 1.08 bits per heavy atom. The molecule has 1 aromatic heterocycles. The summed E-state index contributed by atoms with van der Waals surface area (Å²) in [6.45, 7) is 6.53. The first kappa shape index (κ1) is 23.7. The highest BCUT2D eigenvalue weighted by Crippen LogP contribution is 2.36. The summed E-state index contributed by atoms with van der Waals surface area (Å²) < 4.78 is 13.9. The Labute approximate surface area is 214 Å². The average Bonchev–Trinajstić information content (AvgIpc) is 3.31. The Kier molecular flexibility index (Phi) is 7.04. The number of allylic oxidation sites excluding steroid dienone is 1. The Morgan fingerprint density at radius 2 is 1.81 bits per heavy atom. The average molecular weight is 499 g/mol. The summed E-state index contributed by atoms with van der Waals surface area (Å²) in [5, 5.41) is 12.0. The van der Waals surface area contributed by atoms with Crippen molar-refractivity contribution in [1.29, 1.82) is 0 Å². The number of nitrogens with zero attached hydrogens (tertiary/aromatic N) is 3. The molecule has 1 aliphatic heterocycles. The lowest BCUT2D eigenvalue weighted by Crippen LogP contribution is -2.25. The lowest BCUT2D eigenvalue weighted by atomic mass is 10.0. The van der Waals surface area contributed by atoms with Gasteiger partial charge in [-0.15, -0.1) is 16.8 Å². The molecule has 0 saturated carbocycles. The normalized spacial score (nSPS) is 15.2. The number of rotatable bonds is 8. The van der Waals surface area contributed by atoms with Crippen LogP contribution in [0.1, 0.15) is 18.9 Å². The summed E-state index contributed by atoms with van der Waals surface area (Å²) >= 11 is 1.34. The quantitative estimate of drug-likeness (QED) is 0.246. The molecule has 0 bridgehead atoms. The van der Waals surface area contributed by atoms with Crippen LogP contribution in [0.2, 0.25) is 0 Å². The second-order valence-corrected chi connectivity index (χ2v) is 9.57. The van der Waals surface area contributed by atoms with Crippen molar-refractivity contribution < 1.29 is 14.3 Å². The van der Waals surface area contributed by atoms with Crippen molar-refractivity contribution in [3.05, 3.63) is 97.3 Å². The molecule has 36 heavy (non-hydrogen) atoms. The molecule has 0 spiro atoms. The van der Waals surface area contributed by atoms with E-state index in [0.717, 1.165) is 16.8 Å². The van der Waals surface area contributed by atoms with E-state index in [4.69, 9.17) is 9.47 Å². The van der Waals surface area contributed by atoms with Gasteiger partial charge in [-0.25, -0.2) is 0 Å². The van der Waals surface area contributed by atoms with E-state index < -0.39 is 11.4 Å². The third-order valence-corrected chi connectivity index (χ3v) is 6.86. The maximum absolute atomic E-state index is 13.2. The number of anilines is 1. The van der Waals surface area contributed by atoms with Crippen LogP contribution in [0.25, 0.3) is 11.1 Å². The van der Waals surface area contributed by atoms with Gasteiger partial charge in [-0.2, -0.15) is 0 Å². The van der Waals surface area contributed by atoms with Crippen LogP contribution in [-0.2, 0) is 11.3 Å². The van der Waals surface area contributed by atoms with Crippen molar-refractivity contribution >= 4 is 23.4 Å². The summed E-state index contributed by atoms with van der Waals surface area (Å²) in [6, 6.07) is 25.3. The number of thioether (sulfide) groups is 1. The number of carbonyl (C=O) groups is 1. The van der Waals surface area contributed by atoms with Gasteiger partial charge in [-0.3, -0.25) is 9.36 Å². The van der Waals surface area contributed by atoms with Crippen LogP contribution >= 0.6 is 11.8 Å². The molecule has 0 fully saturated rings. The fourth-order valence-electron chi connectivity index (χ4n) is 3.98. The van der Waals surface area contributed by atoms with Crippen LogP contribution < -0.4 is 14.8 Å². The van der Waals surface area contributed by atoms with Crippen LogP contribution in [-0.4, -0.2) is 32.5 Å². The molecule has 1 aliphatic rings. The number of hydrogen-bond donors (Lipinski definition) is 1. The molecular weight excluding hydrogens is 472 g/mol. The zero-order valence-corrected chi connectivity index (χ0v) is 20.7. The van der Waals surface area contributed by atoms with Gasteiger partial charge >= 0.3 is 0 Å². The smallest absolute Gasteiger partial charge is 0.237 e. The molecule has 3 aromatic carbocycles. The van der Waals surface area contributed by atoms with Crippen molar-refractivity contribution in [2.24, 2.45) is 0 Å². The molecule has 5 rings (SSSR count). The van der Waals surface area contributed by atoms with Gasteiger partial charge in [0, 0.05) is 17.8 Å². The van der Waals surface area contributed by atoms with E-state index in [1.54, 1.807) is 6.08 Å². The minimum Gasteiger partial charge on any atom is -0.485 e. The molecule has 1 amide bonds. The van der Waals surface area contributed by atoms with Gasteiger partial charge in [0.1, 0.15) is 6.61 Å². The van der Waals surface area contributed by atoms with Gasteiger partial charge in [0.15, 0.2) is 28.6 Å². The van der Waals surface area contributed by atoms with E-state index in [9.17, 15) is 4.79 Å². The number of aromatic nitrogens is 3. The highest BCUT2D eigenvalue weighted by molar-refractivity contribution is 8.00. The molecule has 0 saturated heterocycles. The van der Waals surface area contributed by atoms with E-state index >= 15 is 0 Å². The number of para-hydroxylation sites is 3. The van der Waals surface area contributed by atoms with Crippen LogP contribution in [0, 0.1) is 0 Å². The van der Waals surface area contributed by atoms with Gasteiger partial charge in [0.05, 0.1) is 5.25 Å². The highest BCUT2D eigenvalue weighted by Gasteiger charge is 2.29. The number of ether oxygens (including phenoxy) is 2. The zero-order chi connectivity index (χ0) is 24.9. The number of hydrogen-bond acceptors (Lipinski definition) is 6. The summed E-state index contributed by atoms with van der Waals surface area (Å²) in [6.07, 6.45) is 1.36. The van der Waals surface area contributed by atoms with Gasteiger partial charge in [-0.05, 0) is 30.7 Å². The predicted octanol–water partition coefficient (Wildman–Crippen LogP) is 5.76. The monoisotopic (exact) mass is 498 g/mol. The van der Waals surface area contributed by atoms with Crippen molar-refractivity contribution in [1.82, 2.24) is 14.8 Å². The second-order valence-electron chi connectivity index (χ2n) is 8.27. The maximum atomic E-state index is 13.2. The van der Waals surface area contributed by atoms with Crippen molar-refractivity contribution in [2.75, 3.05) is 11.9 Å². The van der Waals surface area contributed by atoms with Crippen LogP contribution in [0.4, 0.5) is 5.69 Å². The summed E-state index contributed by atoms with van der Waals surface area (Å²) in [7, 11) is 0. The Morgan fingerprint density at radius 3 is 2.61 bits per heavy atom. The molecule has 0 aliphatic carbocycles. The molecule has 182 valence electrons. The molecule has 0 unspecified atom stereocenters. The van der Waals surface area contributed by atoms with Crippen LogP contribution in [0.5, 0.6) is 11.5 Å². The molecule has 1 N–H and O–H groups in total. The van der Waals surface area contributed by atoms with E-state index in [2.05, 4.69) is 22.1 Å². The van der Waals surface area contributed by atoms with Crippen molar-refractivity contribution in [3.63, 3.8) is 0 Å². The van der Waals surface area contributed by atoms with Crippen molar-refractivity contribution in [3.8, 4) is 22.6 Å².